The lowest BCUT2D eigenvalue weighted by molar-refractivity contribution is -0.127. The fraction of sp³-hybridized carbons (Fsp3) is 0.515. The summed E-state index contributed by atoms with van der Waals surface area (Å²) in [5, 5.41) is 6.47. The van der Waals surface area contributed by atoms with E-state index >= 15 is 0 Å². The third-order valence-corrected chi connectivity index (χ3v) is 9.93. The van der Waals surface area contributed by atoms with E-state index in [2.05, 4.69) is 24.1 Å². The number of anilines is 2. The summed E-state index contributed by atoms with van der Waals surface area (Å²) in [4.78, 5) is 48.7. The van der Waals surface area contributed by atoms with Crippen molar-refractivity contribution >= 4 is 51.7 Å². The van der Waals surface area contributed by atoms with Crippen molar-refractivity contribution in [3.63, 3.8) is 0 Å². The fourth-order valence-electron chi connectivity index (χ4n) is 5.94. The lowest BCUT2D eigenvalue weighted by atomic mass is 10.0. The van der Waals surface area contributed by atoms with Crippen molar-refractivity contribution in [1.29, 1.82) is 0 Å². The number of likely N-dealkylation sites (tertiary alicyclic amines) is 1. The Hall–Kier alpha value is -3.50. The fourth-order valence-corrected chi connectivity index (χ4v) is 6.79. The Morgan fingerprint density at radius 2 is 1.95 bits per heavy atom. The second-order valence-corrected chi connectivity index (χ2v) is 13.2. The molecule has 2 aliphatic rings. The van der Waals surface area contributed by atoms with Crippen LogP contribution in [0.4, 0.5) is 11.6 Å². The first-order chi connectivity index (χ1) is 20.7. The quantitative estimate of drug-likeness (QED) is 0.235. The Kier molecular flexibility index (Phi) is 9.97. The number of thiophene rings is 1. The van der Waals surface area contributed by atoms with Crippen LogP contribution in [-0.2, 0) is 22.7 Å². The van der Waals surface area contributed by atoms with Crippen LogP contribution in [0, 0.1) is 5.92 Å². The summed E-state index contributed by atoms with van der Waals surface area (Å²) in [7, 11) is 1.82. The average Bonchev–Trinajstić information content (AvgIpc) is 3.80. The minimum atomic E-state index is -0.209. The van der Waals surface area contributed by atoms with Crippen molar-refractivity contribution in [2.45, 2.75) is 84.3 Å². The minimum absolute atomic E-state index is 0.120. The van der Waals surface area contributed by atoms with Crippen molar-refractivity contribution in [2.24, 2.45) is 5.92 Å². The molecule has 3 heterocycles. The average molecular weight is 605 g/mol. The monoisotopic (exact) mass is 604 g/mol. The normalized spacial score (nSPS) is 16.3. The number of nitrogens with zero attached hydrogens (tertiary/aromatic N) is 4. The molecule has 5 rings (SSSR count). The van der Waals surface area contributed by atoms with Crippen LogP contribution in [0.5, 0.6) is 0 Å². The molecule has 1 saturated heterocycles. The highest BCUT2D eigenvalue weighted by atomic mass is 32.1. The molecule has 1 atom stereocenters. The predicted octanol–water partition coefficient (Wildman–Crippen LogP) is 5.96. The van der Waals surface area contributed by atoms with Gasteiger partial charge in [-0.3, -0.25) is 19.7 Å². The lowest BCUT2D eigenvalue weighted by Crippen LogP contribution is -2.27. The highest BCUT2D eigenvalue weighted by molar-refractivity contribution is 7.14. The Balaban J connectivity index is 1.33. The number of carbonyl (C=O) groups is 3. The van der Waals surface area contributed by atoms with E-state index in [1.807, 2.05) is 53.8 Å². The highest BCUT2D eigenvalue weighted by Gasteiger charge is 2.23. The summed E-state index contributed by atoms with van der Waals surface area (Å²) in [5.74, 6) is 1.06. The van der Waals surface area contributed by atoms with Gasteiger partial charge in [0.15, 0.2) is 0 Å². The minimum Gasteiger partial charge on any atom is -0.343 e. The topological polar surface area (TPSA) is 99.6 Å². The smallest absolute Gasteiger partial charge is 0.268 e. The standard InChI is InChI=1S/C33H44N6O3S/c1-22(2)23(3)34-21-26-13-15-29(43-26)32(42)36-33-35-27-20-25(37(4)31(41)19-24-9-5-6-10-24)12-14-28(27)39(33)18-8-17-38-16-7-11-30(38)40/h12-15,20,23-24,34H,1,5-11,16-19,21H2,2-4H3,(H,35,36,42)/t23-/m0/s1. The van der Waals surface area contributed by atoms with Crippen molar-refractivity contribution in [2.75, 3.05) is 30.4 Å². The van der Waals surface area contributed by atoms with Gasteiger partial charge in [-0.1, -0.05) is 25.0 Å². The lowest BCUT2D eigenvalue weighted by Gasteiger charge is -2.19. The third kappa shape index (κ3) is 7.54. The SMILES string of the molecule is C=C(C)[C@H](C)NCc1ccc(C(=O)Nc2nc3cc(N(C)C(=O)CC4CCCC4)ccc3n2CCCN2CCCC2=O)s1. The summed E-state index contributed by atoms with van der Waals surface area (Å²) in [6.45, 7) is 10.8. The molecule has 2 aromatic heterocycles. The van der Waals surface area contributed by atoms with E-state index in [1.54, 1.807) is 4.90 Å². The largest absolute Gasteiger partial charge is 0.343 e. The van der Waals surface area contributed by atoms with Crippen LogP contribution in [-0.4, -0.2) is 58.4 Å². The zero-order valence-electron chi connectivity index (χ0n) is 25.7. The van der Waals surface area contributed by atoms with Crippen LogP contribution in [0.15, 0.2) is 42.5 Å². The predicted molar refractivity (Wildman–Crippen MR) is 174 cm³/mol. The van der Waals surface area contributed by atoms with Crippen LogP contribution in [0.25, 0.3) is 11.0 Å². The molecule has 0 bridgehead atoms. The Morgan fingerprint density at radius 1 is 1.16 bits per heavy atom. The second-order valence-electron chi connectivity index (χ2n) is 12.1. The maximum atomic E-state index is 13.4. The van der Waals surface area contributed by atoms with Crippen molar-refractivity contribution in [1.82, 2.24) is 19.8 Å². The Morgan fingerprint density at radius 3 is 2.67 bits per heavy atom. The first-order valence-electron chi connectivity index (χ1n) is 15.5. The summed E-state index contributed by atoms with van der Waals surface area (Å²) in [5.41, 5.74) is 3.46. The molecule has 3 aromatic rings. The first-order valence-corrected chi connectivity index (χ1v) is 16.3. The van der Waals surface area contributed by atoms with Gasteiger partial charge in [-0.25, -0.2) is 4.98 Å². The van der Waals surface area contributed by atoms with Crippen LogP contribution < -0.4 is 15.5 Å². The van der Waals surface area contributed by atoms with Gasteiger partial charge in [0.2, 0.25) is 17.8 Å². The molecule has 9 nitrogen and oxygen atoms in total. The molecule has 1 saturated carbocycles. The van der Waals surface area contributed by atoms with E-state index in [-0.39, 0.29) is 23.8 Å². The van der Waals surface area contributed by atoms with E-state index in [4.69, 9.17) is 4.98 Å². The Bertz CT molecular complexity index is 1490. The van der Waals surface area contributed by atoms with Crippen LogP contribution in [0.1, 0.15) is 79.8 Å². The molecule has 1 aliphatic carbocycles. The van der Waals surface area contributed by atoms with Gasteiger partial charge in [0.05, 0.1) is 15.9 Å². The number of aryl methyl sites for hydroxylation is 1. The molecule has 3 amide bonds. The van der Waals surface area contributed by atoms with Gasteiger partial charge in [-0.05, 0) is 75.8 Å². The van der Waals surface area contributed by atoms with Crippen molar-refractivity contribution in [3.05, 3.63) is 52.2 Å². The Labute approximate surface area is 258 Å². The molecule has 2 N–H and O–H groups in total. The molecule has 43 heavy (non-hydrogen) atoms. The van der Waals surface area contributed by atoms with Crippen molar-refractivity contribution < 1.29 is 14.4 Å². The summed E-state index contributed by atoms with van der Waals surface area (Å²) in [6, 6.07) is 9.86. The van der Waals surface area contributed by atoms with Crippen LogP contribution in [0.3, 0.4) is 0 Å². The van der Waals surface area contributed by atoms with Crippen LogP contribution in [0.2, 0.25) is 0 Å². The summed E-state index contributed by atoms with van der Waals surface area (Å²) < 4.78 is 2.02. The number of fused-ring (bicyclic) bond motifs is 1. The molecule has 1 aromatic carbocycles. The van der Waals surface area contributed by atoms with Gasteiger partial charge in [-0.15, -0.1) is 11.3 Å². The van der Waals surface area contributed by atoms with E-state index in [1.165, 1.54) is 24.2 Å². The maximum Gasteiger partial charge on any atom is 0.268 e. The van der Waals surface area contributed by atoms with Crippen LogP contribution >= 0.6 is 11.3 Å². The van der Waals surface area contributed by atoms with Gasteiger partial charge >= 0.3 is 0 Å². The second kappa shape index (κ2) is 13.9. The third-order valence-electron chi connectivity index (χ3n) is 8.84. The van der Waals surface area contributed by atoms with E-state index in [0.717, 1.165) is 59.4 Å². The number of amides is 3. The molecule has 2 fully saturated rings. The number of aromatic nitrogens is 2. The zero-order chi connectivity index (χ0) is 30.5. The number of imidazole rings is 1. The number of benzene rings is 1. The molecule has 1 aliphatic heterocycles. The summed E-state index contributed by atoms with van der Waals surface area (Å²) >= 11 is 1.45. The first kappa shape index (κ1) is 30.9. The van der Waals surface area contributed by atoms with Crippen molar-refractivity contribution in [3.8, 4) is 0 Å². The van der Waals surface area contributed by atoms with Gasteiger partial charge in [0.1, 0.15) is 0 Å². The number of hydrogen-bond donors (Lipinski definition) is 2. The van der Waals surface area contributed by atoms with Gasteiger partial charge < -0.3 is 19.7 Å². The molecule has 0 radical (unpaired) electrons. The number of rotatable bonds is 13. The maximum absolute atomic E-state index is 13.4. The van der Waals surface area contributed by atoms with Gasteiger partial charge in [-0.2, -0.15) is 0 Å². The zero-order valence-corrected chi connectivity index (χ0v) is 26.5. The van der Waals surface area contributed by atoms with E-state index in [0.29, 0.717) is 49.2 Å². The van der Waals surface area contributed by atoms with E-state index < -0.39 is 0 Å². The number of carbonyl (C=O) groups excluding carboxylic acids is 3. The van der Waals surface area contributed by atoms with Gasteiger partial charge in [0, 0.05) is 62.7 Å². The number of nitrogens with one attached hydrogen (secondary N) is 2. The number of hydrogen-bond acceptors (Lipinski definition) is 6. The molecule has 10 heteroatoms. The molecule has 0 unspecified atom stereocenters. The van der Waals surface area contributed by atoms with E-state index in [9.17, 15) is 14.4 Å². The molecular weight excluding hydrogens is 560 g/mol. The molecular formula is C33H44N6O3S. The van der Waals surface area contributed by atoms with Gasteiger partial charge in [0.25, 0.3) is 5.91 Å². The molecule has 230 valence electrons. The molecule has 0 spiro atoms. The highest BCUT2D eigenvalue weighted by Crippen LogP contribution is 2.30. The summed E-state index contributed by atoms with van der Waals surface area (Å²) in [6.07, 6.45) is 7.54.